The number of anilines is 1. The maximum atomic E-state index is 13.1. The van der Waals surface area contributed by atoms with Crippen LogP contribution in [-0.2, 0) is 21.2 Å². The van der Waals surface area contributed by atoms with Gasteiger partial charge in [0.25, 0.3) is 0 Å². The molecule has 0 aromatic heterocycles. The predicted octanol–water partition coefficient (Wildman–Crippen LogP) is 3.46. The highest BCUT2D eigenvalue weighted by molar-refractivity contribution is 7.89. The van der Waals surface area contributed by atoms with E-state index in [4.69, 9.17) is 0 Å². The average molecular weight is 397 g/mol. The lowest BCUT2D eigenvalue weighted by molar-refractivity contribution is -0.118. The molecule has 0 unspecified atom stereocenters. The molecule has 2 aromatic rings. The molecule has 0 spiro atoms. The first-order valence-electron chi connectivity index (χ1n) is 9.68. The van der Waals surface area contributed by atoms with E-state index in [1.165, 1.54) is 9.88 Å². The smallest absolute Gasteiger partial charge is 0.243 e. The normalized spacial score (nSPS) is 17.3. The largest absolute Gasteiger partial charge is 0.312 e. The quantitative estimate of drug-likeness (QED) is 0.795. The molecule has 6 heteroatoms. The topological polar surface area (TPSA) is 57.7 Å². The van der Waals surface area contributed by atoms with Gasteiger partial charge in [-0.1, -0.05) is 43.3 Å². The van der Waals surface area contributed by atoms with Gasteiger partial charge in [0.1, 0.15) is 0 Å². The van der Waals surface area contributed by atoms with Gasteiger partial charge in [-0.2, -0.15) is 4.31 Å². The molecule has 0 N–H and O–H groups in total. The molecule has 0 atom stereocenters. The van der Waals surface area contributed by atoms with Crippen LogP contribution in [0.5, 0.6) is 0 Å². The van der Waals surface area contributed by atoms with Crippen LogP contribution in [0.2, 0.25) is 0 Å². The number of amides is 1. The van der Waals surface area contributed by atoms with Gasteiger partial charge in [0.05, 0.1) is 4.90 Å². The minimum Gasteiger partial charge on any atom is -0.312 e. The van der Waals surface area contributed by atoms with Crippen molar-refractivity contribution in [1.82, 2.24) is 4.31 Å². The second-order valence-electron chi connectivity index (χ2n) is 7.15. The molecule has 2 aliphatic heterocycles. The summed E-state index contributed by atoms with van der Waals surface area (Å²) in [4.78, 5) is 14.1. The van der Waals surface area contributed by atoms with Crippen LogP contribution in [0.4, 0.5) is 5.69 Å². The second kappa shape index (κ2) is 7.53. The van der Waals surface area contributed by atoms with E-state index < -0.39 is 10.0 Å². The van der Waals surface area contributed by atoms with Gasteiger partial charge in [0.15, 0.2) is 0 Å². The van der Waals surface area contributed by atoms with E-state index >= 15 is 0 Å². The van der Waals surface area contributed by atoms with Crippen LogP contribution < -0.4 is 4.90 Å². The molecule has 0 radical (unpaired) electrons. The third kappa shape index (κ3) is 3.38. The van der Waals surface area contributed by atoms with Gasteiger partial charge in [0, 0.05) is 31.7 Å². The fourth-order valence-corrected chi connectivity index (χ4v) is 5.35. The standard InChI is InChI=1S/C22H24N2O3S/c1-2-22(25)24-15-12-19-16-20(8-9-21(19)24)28(26,27)23-13-10-18(11-14-23)17-6-4-3-5-7-17/h3-10,16H,2,11-15H2,1H3. The number of hydrogen-bond acceptors (Lipinski definition) is 3. The van der Waals surface area contributed by atoms with Crippen molar-refractivity contribution in [2.24, 2.45) is 0 Å². The lowest BCUT2D eigenvalue weighted by Crippen LogP contribution is -2.34. The van der Waals surface area contributed by atoms with Crippen LogP contribution in [0.1, 0.15) is 30.9 Å². The van der Waals surface area contributed by atoms with Crippen LogP contribution in [0.3, 0.4) is 0 Å². The Morgan fingerprint density at radius 1 is 1.04 bits per heavy atom. The summed E-state index contributed by atoms with van der Waals surface area (Å²) in [7, 11) is -3.55. The second-order valence-corrected chi connectivity index (χ2v) is 9.09. The minimum absolute atomic E-state index is 0.0731. The molecule has 0 saturated heterocycles. The third-order valence-corrected chi connectivity index (χ3v) is 7.37. The van der Waals surface area contributed by atoms with Gasteiger partial charge >= 0.3 is 0 Å². The molecule has 0 aliphatic carbocycles. The molecule has 0 saturated carbocycles. The SMILES string of the molecule is CCC(=O)N1CCc2cc(S(=O)(=O)N3CC=C(c4ccccc4)CC3)ccc21. The van der Waals surface area contributed by atoms with Crippen molar-refractivity contribution in [1.29, 1.82) is 0 Å². The van der Waals surface area contributed by atoms with Crippen molar-refractivity contribution in [2.45, 2.75) is 31.1 Å². The molecule has 2 aromatic carbocycles. The predicted molar refractivity (Wildman–Crippen MR) is 111 cm³/mol. The first kappa shape index (κ1) is 18.9. The van der Waals surface area contributed by atoms with Gasteiger partial charge in [-0.15, -0.1) is 0 Å². The highest BCUT2D eigenvalue weighted by Crippen LogP contribution is 2.32. The number of benzene rings is 2. The Labute approximate surface area is 166 Å². The number of hydrogen-bond donors (Lipinski definition) is 0. The lowest BCUT2D eigenvalue weighted by atomic mass is 10.0. The van der Waals surface area contributed by atoms with E-state index in [0.717, 1.165) is 16.8 Å². The fourth-order valence-electron chi connectivity index (χ4n) is 3.92. The molecule has 146 valence electrons. The zero-order valence-electron chi connectivity index (χ0n) is 16.0. The van der Waals surface area contributed by atoms with Crippen molar-refractivity contribution in [2.75, 3.05) is 24.5 Å². The molecule has 0 bridgehead atoms. The Kier molecular flexibility index (Phi) is 5.08. The van der Waals surface area contributed by atoms with E-state index in [0.29, 0.717) is 43.8 Å². The Hall–Kier alpha value is -2.44. The molecule has 2 heterocycles. The Bertz CT molecular complexity index is 1030. The lowest BCUT2D eigenvalue weighted by Gasteiger charge is -2.26. The fraction of sp³-hybridized carbons (Fsp3) is 0.318. The van der Waals surface area contributed by atoms with Gasteiger partial charge in [-0.05, 0) is 47.7 Å². The Morgan fingerprint density at radius 3 is 2.50 bits per heavy atom. The zero-order chi connectivity index (χ0) is 19.7. The minimum atomic E-state index is -3.55. The summed E-state index contributed by atoms with van der Waals surface area (Å²) in [5.74, 6) is 0.0731. The summed E-state index contributed by atoms with van der Waals surface area (Å²) in [6.07, 6.45) is 3.85. The van der Waals surface area contributed by atoms with Crippen molar-refractivity contribution >= 4 is 27.2 Å². The highest BCUT2D eigenvalue weighted by Gasteiger charge is 2.29. The van der Waals surface area contributed by atoms with Crippen LogP contribution in [-0.4, -0.2) is 38.3 Å². The van der Waals surface area contributed by atoms with Crippen molar-refractivity contribution in [3.05, 3.63) is 65.7 Å². The summed E-state index contributed by atoms with van der Waals surface area (Å²) < 4.78 is 27.8. The van der Waals surface area contributed by atoms with Gasteiger partial charge in [-0.3, -0.25) is 4.79 Å². The van der Waals surface area contributed by atoms with E-state index in [1.807, 2.05) is 31.2 Å². The molecule has 2 aliphatic rings. The number of nitrogens with zero attached hydrogens (tertiary/aromatic N) is 2. The summed E-state index contributed by atoms with van der Waals surface area (Å²) >= 11 is 0. The molecule has 1 amide bonds. The number of carbonyl (C=O) groups is 1. The maximum Gasteiger partial charge on any atom is 0.243 e. The van der Waals surface area contributed by atoms with E-state index in [1.54, 1.807) is 23.1 Å². The summed E-state index contributed by atoms with van der Waals surface area (Å²) in [6, 6.07) is 15.2. The van der Waals surface area contributed by atoms with Crippen LogP contribution in [0.25, 0.3) is 5.57 Å². The summed E-state index contributed by atoms with van der Waals surface area (Å²) in [5.41, 5.74) is 4.11. The maximum absolute atomic E-state index is 13.1. The average Bonchev–Trinajstić information content (AvgIpc) is 3.17. The Morgan fingerprint density at radius 2 is 1.82 bits per heavy atom. The highest BCUT2D eigenvalue weighted by atomic mass is 32.2. The molecule has 5 nitrogen and oxygen atoms in total. The number of carbonyl (C=O) groups excluding carboxylic acids is 1. The number of sulfonamides is 1. The van der Waals surface area contributed by atoms with Gasteiger partial charge in [0.2, 0.25) is 15.9 Å². The van der Waals surface area contributed by atoms with Crippen molar-refractivity contribution < 1.29 is 13.2 Å². The van der Waals surface area contributed by atoms with E-state index in [2.05, 4.69) is 12.1 Å². The molecule has 28 heavy (non-hydrogen) atoms. The van der Waals surface area contributed by atoms with Gasteiger partial charge < -0.3 is 4.90 Å². The first-order valence-corrected chi connectivity index (χ1v) is 11.1. The first-order chi connectivity index (χ1) is 13.5. The van der Waals surface area contributed by atoms with Crippen molar-refractivity contribution in [3.63, 3.8) is 0 Å². The Balaban J connectivity index is 1.55. The summed E-state index contributed by atoms with van der Waals surface area (Å²) in [6.45, 7) is 3.32. The molecule has 4 rings (SSSR count). The number of fused-ring (bicyclic) bond motifs is 1. The van der Waals surface area contributed by atoms with Gasteiger partial charge in [-0.25, -0.2) is 8.42 Å². The number of rotatable bonds is 4. The molecular weight excluding hydrogens is 372 g/mol. The summed E-state index contributed by atoms with van der Waals surface area (Å²) in [5, 5.41) is 0. The van der Waals surface area contributed by atoms with E-state index in [-0.39, 0.29) is 5.91 Å². The monoisotopic (exact) mass is 396 g/mol. The van der Waals surface area contributed by atoms with Crippen LogP contribution in [0, 0.1) is 0 Å². The van der Waals surface area contributed by atoms with Crippen LogP contribution in [0.15, 0.2) is 59.5 Å². The molecular formula is C22H24N2O3S. The van der Waals surface area contributed by atoms with Crippen molar-refractivity contribution in [3.8, 4) is 0 Å². The molecule has 0 fully saturated rings. The zero-order valence-corrected chi connectivity index (χ0v) is 16.8. The van der Waals surface area contributed by atoms with E-state index in [9.17, 15) is 13.2 Å². The van der Waals surface area contributed by atoms with Crippen LogP contribution >= 0.6 is 0 Å². The third-order valence-electron chi connectivity index (χ3n) is 5.50.